The van der Waals surface area contributed by atoms with Gasteiger partial charge in [0.05, 0.1) is 5.60 Å². The molecule has 54 valence electrons. The molecule has 0 aromatic rings. The average Bonchev–Trinajstić information content (AvgIpc) is 1.84. The third-order valence-electron chi connectivity index (χ3n) is 1.48. The first-order chi connectivity index (χ1) is 4.12. The maximum Gasteiger partial charge on any atom is 0.0797 e. The Morgan fingerprint density at radius 2 is 2.22 bits per heavy atom. The minimum Gasteiger partial charge on any atom is -0.386 e. The first-order valence-electron chi connectivity index (χ1n) is 3.48. The fourth-order valence-corrected chi connectivity index (χ4v) is 0.637. The van der Waals surface area contributed by atoms with E-state index in [1.54, 1.807) is 13.0 Å². The summed E-state index contributed by atoms with van der Waals surface area (Å²) in [5.74, 6) is 0. The number of unbranched alkanes of at least 4 members (excludes halogenated alkanes) is 1. The number of aliphatic hydroxyl groups is 1. The van der Waals surface area contributed by atoms with Gasteiger partial charge < -0.3 is 5.11 Å². The van der Waals surface area contributed by atoms with Crippen molar-refractivity contribution in [3.05, 3.63) is 12.7 Å². The van der Waals surface area contributed by atoms with Crippen molar-refractivity contribution in [1.82, 2.24) is 0 Å². The largest absolute Gasteiger partial charge is 0.386 e. The van der Waals surface area contributed by atoms with Crippen molar-refractivity contribution in [3.8, 4) is 0 Å². The molecular formula is C8H16O. The van der Waals surface area contributed by atoms with Gasteiger partial charge in [-0.2, -0.15) is 0 Å². The van der Waals surface area contributed by atoms with E-state index in [1.165, 1.54) is 0 Å². The first kappa shape index (κ1) is 8.70. The van der Waals surface area contributed by atoms with E-state index >= 15 is 0 Å². The summed E-state index contributed by atoms with van der Waals surface area (Å²) in [6.45, 7) is 7.43. The Hall–Kier alpha value is -0.300. The highest BCUT2D eigenvalue weighted by molar-refractivity contribution is 4.90. The fourth-order valence-electron chi connectivity index (χ4n) is 0.637. The predicted octanol–water partition coefficient (Wildman–Crippen LogP) is 2.11. The lowest BCUT2D eigenvalue weighted by Gasteiger charge is -2.16. The van der Waals surface area contributed by atoms with Gasteiger partial charge in [0, 0.05) is 0 Å². The van der Waals surface area contributed by atoms with Crippen molar-refractivity contribution < 1.29 is 5.11 Å². The number of rotatable bonds is 4. The maximum atomic E-state index is 9.34. The van der Waals surface area contributed by atoms with Gasteiger partial charge in [0.15, 0.2) is 0 Å². The maximum absolute atomic E-state index is 9.34. The molecule has 0 aliphatic heterocycles. The summed E-state index contributed by atoms with van der Waals surface area (Å²) in [5, 5.41) is 9.34. The lowest BCUT2D eigenvalue weighted by Crippen LogP contribution is -2.19. The summed E-state index contributed by atoms with van der Waals surface area (Å²) >= 11 is 0. The molecule has 0 saturated heterocycles. The highest BCUT2D eigenvalue weighted by atomic mass is 16.3. The molecule has 0 aliphatic carbocycles. The summed E-state index contributed by atoms with van der Waals surface area (Å²) in [5.41, 5.74) is -0.643. The molecule has 1 heteroatoms. The first-order valence-corrected chi connectivity index (χ1v) is 3.48. The zero-order chi connectivity index (χ0) is 7.33. The fraction of sp³-hybridized carbons (Fsp3) is 0.750. The Kier molecular flexibility index (Phi) is 3.55. The minimum absolute atomic E-state index is 0.643. The SMILES string of the molecule is C=C[C@@](C)(O)CCCC. The Morgan fingerprint density at radius 3 is 2.56 bits per heavy atom. The predicted molar refractivity (Wildman–Crippen MR) is 40.3 cm³/mol. The molecule has 0 aliphatic rings. The van der Waals surface area contributed by atoms with Crippen LogP contribution in [0.25, 0.3) is 0 Å². The van der Waals surface area contributed by atoms with E-state index in [0.29, 0.717) is 0 Å². The molecule has 0 aromatic heterocycles. The van der Waals surface area contributed by atoms with Crippen LogP contribution in [0.5, 0.6) is 0 Å². The highest BCUT2D eigenvalue weighted by Crippen LogP contribution is 2.13. The van der Waals surface area contributed by atoms with E-state index in [1.807, 2.05) is 0 Å². The molecule has 0 spiro atoms. The van der Waals surface area contributed by atoms with Crippen LogP contribution in [0.4, 0.5) is 0 Å². The number of hydrogen-bond acceptors (Lipinski definition) is 1. The lowest BCUT2D eigenvalue weighted by atomic mass is 10.00. The van der Waals surface area contributed by atoms with E-state index in [4.69, 9.17) is 0 Å². The molecule has 1 atom stereocenters. The summed E-state index contributed by atoms with van der Waals surface area (Å²) in [4.78, 5) is 0. The standard InChI is InChI=1S/C8H16O/c1-4-6-7-8(3,9)5-2/h5,9H,2,4,6-7H2,1,3H3/t8-/m1/s1. The van der Waals surface area contributed by atoms with Gasteiger partial charge in [-0.15, -0.1) is 6.58 Å². The van der Waals surface area contributed by atoms with Gasteiger partial charge in [0.1, 0.15) is 0 Å². The van der Waals surface area contributed by atoms with Crippen LogP contribution in [0.1, 0.15) is 33.1 Å². The van der Waals surface area contributed by atoms with Crippen molar-refractivity contribution in [3.63, 3.8) is 0 Å². The van der Waals surface area contributed by atoms with Gasteiger partial charge in [-0.05, 0) is 13.3 Å². The molecule has 0 bridgehead atoms. The van der Waals surface area contributed by atoms with Crippen LogP contribution in [-0.4, -0.2) is 10.7 Å². The van der Waals surface area contributed by atoms with Crippen molar-refractivity contribution >= 4 is 0 Å². The Labute approximate surface area is 57.4 Å². The van der Waals surface area contributed by atoms with Gasteiger partial charge in [-0.25, -0.2) is 0 Å². The van der Waals surface area contributed by atoms with Crippen molar-refractivity contribution in [1.29, 1.82) is 0 Å². The molecule has 0 heterocycles. The van der Waals surface area contributed by atoms with Gasteiger partial charge in [0.2, 0.25) is 0 Å². The molecule has 0 radical (unpaired) electrons. The third-order valence-corrected chi connectivity index (χ3v) is 1.48. The summed E-state index contributed by atoms with van der Waals surface area (Å²) in [6, 6.07) is 0. The second-order valence-electron chi connectivity index (χ2n) is 2.66. The Bertz CT molecular complexity index is 84.6. The molecule has 0 rings (SSSR count). The van der Waals surface area contributed by atoms with Crippen LogP contribution < -0.4 is 0 Å². The second kappa shape index (κ2) is 3.67. The zero-order valence-corrected chi connectivity index (χ0v) is 6.35. The Balaban J connectivity index is 3.45. The monoisotopic (exact) mass is 128 g/mol. The summed E-state index contributed by atoms with van der Waals surface area (Å²) in [6.07, 6.45) is 4.62. The van der Waals surface area contributed by atoms with Gasteiger partial charge in [0.25, 0.3) is 0 Å². The van der Waals surface area contributed by atoms with Crippen molar-refractivity contribution in [2.24, 2.45) is 0 Å². The van der Waals surface area contributed by atoms with Gasteiger partial charge >= 0.3 is 0 Å². The summed E-state index contributed by atoms with van der Waals surface area (Å²) in [7, 11) is 0. The molecule has 0 fully saturated rings. The molecular weight excluding hydrogens is 112 g/mol. The molecule has 0 unspecified atom stereocenters. The molecule has 9 heavy (non-hydrogen) atoms. The van der Waals surface area contributed by atoms with Gasteiger partial charge in [-0.3, -0.25) is 0 Å². The highest BCUT2D eigenvalue weighted by Gasteiger charge is 2.12. The van der Waals surface area contributed by atoms with Crippen molar-refractivity contribution in [2.75, 3.05) is 0 Å². The van der Waals surface area contributed by atoms with Crippen LogP contribution in [0.3, 0.4) is 0 Å². The third kappa shape index (κ3) is 4.22. The topological polar surface area (TPSA) is 20.2 Å². The van der Waals surface area contributed by atoms with Crippen LogP contribution in [0.2, 0.25) is 0 Å². The molecule has 1 nitrogen and oxygen atoms in total. The van der Waals surface area contributed by atoms with Crippen LogP contribution in [0, 0.1) is 0 Å². The van der Waals surface area contributed by atoms with E-state index in [-0.39, 0.29) is 0 Å². The smallest absolute Gasteiger partial charge is 0.0797 e. The van der Waals surface area contributed by atoms with E-state index < -0.39 is 5.60 Å². The van der Waals surface area contributed by atoms with E-state index in [2.05, 4.69) is 13.5 Å². The minimum atomic E-state index is -0.643. The number of hydrogen-bond donors (Lipinski definition) is 1. The second-order valence-corrected chi connectivity index (χ2v) is 2.66. The van der Waals surface area contributed by atoms with Crippen LogP contribution in [0.15, 0.2) is 12.7 Å². The lowest BCUT2D eigenvalue weighted by molar-refractivity contribution is 0.0995. The Morgan fingerprint density at radius 1 is 1.67 bits per heavy atom. The van der Waals surface area contributed by atoms with Crippen LogP contribution >= 0.6 is 0 Å². The average molecular weight is 128 g/mol. The molecule has 0 saturated carbocycles. The van der Waals surface area contributed by atoms with E-state index in [0.717, 1.165) is 19.3 Å². The quantitative estimate of drug-likeness (QED) is 0.575. The molecule has 0 amide bonds. The zero-order valence-electron chi connectivity index (χ0n) is 6.35. The normalized spacial score (nSPS) is 16.8. The van der Waals surface area contributed by atoms with Gasteiger partial charge in [-0.1, -0.05) is 25.8 Å². The summed E-state index contributed by atoms with van der Waals surface area (Å²) < 4.78 is 0. The van der Waals surface area contributed by atoms with Crippen molar-refractivity contribution in [2.45, 2.75) is 38.7 Å². The van der Waals surface area contributed by atoms with E-state index in [9.17, 15) is 5.11 Å². The van der Waals surface area contributed by atoms with Crippen LogP contribution in [-0.2, 0) is 0 Å². The molecule has 1 N–H and O–H groups in total. The molecule has 0 aromatic carbocycles.